The van der Waals surface area contributed by atoms with Crippen molar-refractivity contribution in [1.82, 2.24) is 4.90 Å². The number of amides is 1. The lowest BCUT2D eigenvalue weighted by molar-refractivity contribution is -0.131. The molecular weight excluding hydrogens is 208 g/mol. The van der Waals surface area contributed by atoms with Crippen LogP contribution in [0.1, 0.15) is 13.3 Å². The molecule has 2 atom stereocenters. The van der Waals surface area contributed by atoms with Crippen LogP contribution in [0.25, 0.3) is 0 Å². The predicted octanol–water partition coefficient (Wildman–Crippen LogP) is 0.0703. The SMILES string of the molecule is CC(N)C1CCN(C(=O)C2=COCCO2)C1. The number of ether oxygens (including phenoxy) is 2. The molecule has 1 saturated heterocycles. The lowest BCUT2D eigenvalue weighted by atomic mass is 10.0. The number of nitrogens with zero attached hydrogens (tertiary/aromatic N) is 1. The minimum absolute atomic E-state index is 0.0807. The molecule has 2 rings (SSSR count). The highest BCUT2D eigenvalue weighted by Gasteiger charge is 2.31. The average Bonchev–Trinajstić information content (AvgIpc) is 2.78. The summed E-state index contributed by atoms with van der Waals surface area (Å²) < 4.78 is 10.3. The molecule has 2 unspecified atom stereocenters. The Balaban J connectivity index is 1.93. The third kappa shape index (κ3) is 2.29. The summed E-state index contributed by atoms with van der Waals surface area (Å²) in [4.78, 5) is 13.8. The fourth-order valence-electron chi connectivity index (χ4n) is 2.04. The van der Waals surface area contributed by atoms with Crippen molar-refractivity contribution in [3.05, 3.63) is 12.0 Å². The van der Waals surface area contributed by atoms with Gasteiger partial charge in [-0.1, -0.05) is 0 Å². The van der Waals surface area contributed by atoms with Gasteiger partial charge in [0, 0.05) is 19.1 Å². The van der Waals surface area contributed by atoms with Gasteiger partial charge in [0.05, 0.1) is 0 Å². The zero-order valence-electron chi connectivity index (χ0n) is 9.52. The summed E-state index contributed by atoms with van der Waals surface area (Å²) in [5, 5.41) is 0. The summed E-state index contributed by atoms with van der Waals surface area (Å²) in [5.74, 6) is 0.633. The van der Waals surface area contributed by atoms with Gasteiger partial charge in [-0.05, 0) is 19.3 Å². The van der Waals surface area contributed by atoms with Gasteiger partial charge in [0.1, 0.15) is 19.5 Å². The Labute approximate surface area is 95.2 Å². The summed E-state index contributed by atoms with van der Waals surface area (Å²) in [6.07, 6.45) is 2.38. The normalized spacial score (nSPS) is 26.8. The lowest BCUT2D eigenvalue weighted by Crippen LogP contribution is -2.35. The highest BCUT2D eigenvalue weighted by Crippen LogP contribution is 2.21. The van der Waals surface area contributed by atoms with Crippen LogP contribution in [0.5, 0.6) is 0 Å². The van der Waals surface area contributed by atoms with E-state index in [1.54, 1.807) is 4.90 Å². The van der Waals surface area contributed by atoms with E-state index < -0.39 is 0 Å². The molecule has 0 aromatic carbocycles. The first-order valence-electron chi connectivity index (χ1n) is 5.68. The molecule has 5 heteroatoms. The van der Waals surface area contributed by atoms with Crippen molar-refractivity contribution in [3.8, 4) is 0 Å². The fourth-order valence-corrected chi connectivity index (χ4v) is 2.04. The molecule has 2 N–H and O–H groups in total. The standard InChI is InChI=1S/C11H18N2O3/c1-8(12)9-2-3-13(6-9)11(14)10-7-15-4-5-16-10/h7-9H,2-6,12H2,1H3. The number of likely N-dealkylation sites (tertiary alicyclic amines) is 1. The third-order valence-corrected chi connectivity index (χ3v) is 3.12. The van der Waals surface area contributed by atoms with Crippen molar-refractivity contribution in [1.29, 1.82) is 0 Å². The molecule has 0 saturated carbocycles. The molecule has 0 aromatic heterocycles. The zero-order valence-corrected chi connectivity index (χ0v) is 9.52. The van der Waals surface area contributed by atoms with Crippen LogP contribution in [0.15, 0.2) is 12.0 Å². The maximum Gasteiger partial charge on any atom is 0.292 e. The van der Waals surface area contributed by atoms with Crippen LogP contribution < -0.4 is 5.73 Å². The fraction of sp³-hybridized carbons (Fsp3) is 0.727. The molecule has 90 valence electrons. The number of rotatable bonds is 2. The lowest BCUT2D eigenvalue weighted by Gasteiger charge is -2.21. The smallest absolute Gasteiger partial charge is 0.292 e. The molecule has 1 amide bonds. The second kappa shape index (κ2) is 4.74. The summed E-state index contributed by atoms with van der Waals surface area (Å²) in [6, 6.07) is 0.135. The molecule has 16 heavy (non-hydrogen) atoms. The van der Waals surface area contributed by atoms with Crippen molar-refractivity contribution in [2.24, 2.45) is 11.7 Å². The minimum atomic E-state index is -0.0807. The molecule has 0 aromatic rings. The first-order valence-corrected chi connectivity index (χ1v) is 5.68. The summed E-state index contributed by atoms with van der Waals surface area (Å²) in [6.45, 7) is 4.42. The van der Waals surface area contributed by atoms with E-state index in [-0.39, 0.29) is 11.9 Å². The van der Waals surface area contributed by atoms with Crippen LogP contribution in [0, 0.1) is 5.92 Å². The second-order valence-electron chi connectivity index (χ2n) is 4.36. The molecule has 0 aliphatic carbocycles. The largest absolute Gasteiger partial charge is 0.494 e. The zero-order chi connectivity index (χ0) is 11.5. The number of hydrogen-bond acceptors (Lipinski definition) is 4. The number of carbonyl (C=O) groups excluding carboxylic acids is 1. The maximum atomic E-state index is 12.0. The summed E-state index contributed by atoms with van der Waals surface area (Å²) in [5.41, 5.74) is 5.83. The van der Waals surface area contributed by atoms with E-state index >= 15 is 0 Å². The van der Waals surface area contributed by atoms with E-state index in [1.165, 1.54) is 6.26 Å². The van der Waals surface area contributed by atoms with Crippen LogP contribution >= 0.6 is 0 Å². The Morgan fingerprint density at radius 1 is 1.62 bits per heavy atom. The van der Waals surface area contributed by atoms with E-state index in [0.29, 0.717) is 24.9 Å². The Hall–Kier alpha value is -1.23. The maximum absolute atomic E-state index is 12.0. The van der Waals surface area contributed by atoms with Crippen LogP contribution in [-0.2, 0) is 14.3 Å². The van der Waals surface area contributed by atoms with E-state index in [9.17, 15) is 4.79 Å². The van der Waals surface area contributed by atoms with Gasteiger partial charge < -0.3 is 20.1 Å². The molecule has 5 nitrogen and oxygen atoms in total. The number of carbonyl (C=O) groups is 1. The summed E-state index contributed by atoms with van der Waals surface area (Å²) >= 11 is 0. The van der Waals surface area contributed by atoms with Crippen LogP contribution in [-0.4, -0.2) is 43.2 Å². The van der Waals surface area contributed by atoms with Crippen molar-refractivity contribution in [2.75, 3.05) is 26.3 Å². The van der Waals surface area contributed by atoms with Crippen LogP contribution in [0.4, 0.5) is 0 Å². The summed E-state index contributed by atoms with van der Waals surface area (Å²) in [7, 11) is 0. The van der Waals surface area contributed by atoms with Crippen molar-refractivity contribution in [2.45, 2.75) is 19.4 Å². The molecule has 0 spiro atoms. The topological polar surface area (TPSA) is 64.8 Å². The molecule has 0 bridgehead atoms. The van der Waals surface area contributed by atoms with Gasteiger partial charge in [-0.2, -0.15) is 0 Å². The van der Waals surface area contributed by atoms with E-state index in [0.717, 1.165) is 19.5 Å². The predicted molar refractivity (Wildman–Crippen MR) is 58.3 cm³/mol. The molecule has 2 heterocycles. The minimum Gasteiger partial charge on any atom is -0.494 e. The monoisotopic (exact) mass is 226 g/mol. The van der Waals surface area contributed by atoms with Gasteiger partial charge in [-0.25, -0.2) is 0 Å². The molecule has 1 fully saturated rings. The van der Waals surface area contributed by atoms with Crippen LogP contribution in [0.3, 0.4) is 0 Å². The van der Waals surface area contributed by atoms with Crippen molar-refractivity contribution in [3.63, 3.8) is 0 Å². The Bertz CT molecular complexity index is 302. The molecule has 2 aliphatic rings. The van der Waals surface area contributed by atoms with Crippen molar-refractivity contribution < 1.29 is 14.3 Å². The molecule has 2 aliphatic heterocycles. The average molecular weight is 226 g/mol. The van der Waals surface area contributed by atoms with Gasteiger partial charge in [-0.3, -0.25) is 4.79 Å². The van der Waals surface area contributed by atoms with Crippen molar-refractivity contribution >= 4 is 5.91 Å². The first-order chi connectivity index (χ1) is 7.68. The number of nitrogens with two attached hydrogens (primary N) is 1. The van der Waals surface area contributed by atoms with Gasteiger partial charge in [0.15, 0.2) is 0 Å². The van der Waals surface area contributed by atoms with Crippen LogP contribution in [0.2, 0.25) is 0 Å². The van der Waals surface area contributed by atoms with Gasteiger partial charge in [0.25, 0.3) is 5.91 Å². The van der Waals surface area contributed by atoms with E-state index in [4.69, 9.17) is 15.2 Å². The number of hydrogen-bond donors (Lipinski definition) is 1. The second-order valence-corrected chi connectivity index (χ2v) is 4.36. The van der Waals surface area contributed by atoms with Gasteiger partial charge >= 0.3 is 0 Å². The molecular formula is C11H18N2O3. The first kappa shape index (κ1) is 11.3. The Kier molecular flexibility index (Phi) is 3.33. The Morgan fingerprint density at radius 2 is 2.44 bits per heavy atom. The van der Waals surface area contributed by atoms with Gasteiger partial charge in [-0.15, -0.1) is 0 Å². The highest BCUT2D eigenvalue weighted by molar-refractivity contribution is 5.91. The third-order valence-electron chi connectivity index (χ3n) is 3.12. The Morgan fingerprint density at radius 3 is 3.00 bits per heavy atom. The highest BCUT2D eigenvalue weighted by atomic mass is 16.6. The van der Waals surface area contributed by atoms with E-state index in [1.807, 2.05) is 6.92 Å². The van der Waals surface area contributed by atoms with Gasteiger partial charge in [0.2, 0.25) is 5.76 Å². The van der Waals surface area contributed by atoms with E-state index in [2.05, 4.69) is 0 Å². The molecule has 0 radical (unpaired) electrons. The quantitative estimate of drug-likeness (QED) is 0.723.